The molecular formula is C25H24N4O6. The van der Waals surface area contributed by atoms with Crippen molar-refractivity contribution in [3.63, 3.8) is 0 Å². The molecule has 0 atom stereocenters. The largest absolute Gasteiger partial charge is 0.492 e. The smallest absolute Gasteiger partial charge is 0.291 e. The van der Waals surface area contributed by atoms with E-state index in [9.17, 15) is 19.7 Å². The molecule has 0 aliphatic heterocycles. The number of amides is 2. The Labute approximate surface area is 201 Å². The van der Waals surface area contributed by atoms with E-state index in [-0.39, 0.29) is 17.0 Å². The number of nitrogens with one attached hydrogen (secondary N) is 2. The van der Waals surface area contributed by atoms with E-state index in [2.05, 4.69) is 15.8 Å². The predicted molar refractivity (Wildman–Crippen MR) is 129 cm³/mol. The Morgan fingerprint density at radius 2 is 1.86 bits per heavy atom. The first kappa shape index (κ1) is 23.7. The fourth-order valence-electron chi connectivity index (χ4n) is 3.94. The summed E-state index contributed by atoms with van der Waals surface area (Å²) in [5.41, 5.74) is 5.14. The van der Waals surface area contributed by atoms with Gasteiger partial charge in [-0.15, -0.1) is 0 Å². The third-order valence-electron chi connectivity index (χ3n) is 5.60. The van der Waals surface area contributed by atoms with Gasteiger partial charge in [-0.05, 0) is 51.0 Å². The number of ether oxygens (including phenoxy) is 1. The number of benzene rings is 2. The van der Waals surface area contributed by atoms with Crippen LogP contribution in [0.2, 0.25) is 0 Å². The Morgan fingerprint density at radius 1 is 1.11 bits per heavy atom. The second-order valence-electron chi connectivity index (χ2n) is 7.89. The van der Waals surface area contributed by atoms with Gasteiger partial charge in [-0.3, -0.25) is 19.7 Å². The van der Waals surface area contributed by atoms with Crippen molar-refractivity contribution in [3.8, 4) is 5.75 Å². The maximum absolute atomic E-state index is 13.0. The summed E-state index contributed by atoms with van der Waals surface area (Å²) < 4.78 is 11.5. The number of rotatable bonds is 7. The number of nitrogens with zero attached hydrogens (tertiary/aromatic N) is 2. The molecule has 35 heavy (non-hydrogen) atoms. The molecule has 4 rings (SSSR count). The zero-order valence-corrected chi connectivity index (χ0v) is 19.3. The van der Waals surface area contributed by atoms with E-state index in [1.165, 1.54) is 24.3 Å². The molecule has 0 fully saturated rings. The highest BCUT2D eigenvalue weighted by Gasteiger charge is 2.28. The van der Waals surface area contributed by atoms with Crippen LogP contribution >= 0.6 is 0 Å². The summed E-state index contributed by atoms with van der Waals surface area (Å²) in [6.07, 6.45) is 2.00. The maximum atomic E-state index is 13.0. The van der Waals surface area contributed by atoms with E-state index in [4.69, 9.17) is 9.15 Å². The van der Waals surface area contributed by atoms with Crippen LogP contribution < -0.4 is 15.5 Å². The van der Waals surface area contributed by atoms with Crippen molar-refractivity contribution < 1.29 is 23.7 Å². The number of nitro groups is 1. The Morgan fingerprint density at radius 3 is 2.57 bits per heavy atom. The number of non-ortho nitro benzene ring substituents is 1. The Bertz CT molecular complexity index is 1310. The predicted octanol–water partition coefficient (Wildman–Crippen LogP) is 4.62. The maximum Gasteiger partial charge on any atom is 0.291 e. The quantitative estimate of drug-likeness (QED) is 0.377. The van der Waals surface area contributed by atoms with Gasteiger partial charge in [-0.1, -0.05) is 12.1 Å². The first-order chi connectivity index (χ1) is 16.9. The van der Waals surface area contributed by atoms with Gasteiger partial charge in [0, 0.05) is 35.2 Å². The number of hydrazone groups is 1. The molecule has 10 heteroatoms. The highest BCUT2D eigenvalue weighted by Crippen LogP contribution is 2.31. The van der Waals surface area contributed by atoms with Crippen molar-refractivity contribution in [3.05, 3.63) is 86.9 Å². The average molecular weight is 476 g/mol. The summed E-state index contributed by atoms with van der Waals surface area (Å²) in [7, 11) is 0. The molecule has 0 saturated heterocycles. The van der Waals surface area contributed by atoms with Gasteiger partial charge >= 0.3 is 0 Å². The van der Waals surface area contributed by atoms with E-state index in [0.29, 0.717) is 53.5 Å². The van der Waals surface area contributed by atoms with E-state index in [1.54, 1.807) is 25.1 Å². The number of fused-ring (bicyclic) bond motifs is 1. The summed E-state index contributed by atoms with van der Waals surface area (Å²) in [4.78, 5) is 35.8. The second kappa shape index (κ2) is 10.2. The molecule has 0 radical (unpaired) electrons. The van der Waals surface area contributed by atoms with Gasteiger partial charge in [0.15, 0.2) is 5.76 Å². The lowest BCUT2D eigenvalue weighted by Gasteiger charge is -2.13. The van der Waals surface area contributed by atoms with Gasteiger partial charge < -0.3 is 14.5 Å². The molecule has 1 aliphatic rings. The van der Waals surface area contributed by atoms with Crippen LogP contribution in [0.25, 0.3) is 0 Å². The minimum atomic E-state index is -0.531. The molecule has 1 heterocycles. The van der Waals surface area contributed by atoms with Crippen molar-refractivity contribution in [2.24, 2.45) is 5.10 Å². The molecule has 1 aliphatic carbocycles. The topological polar surface area (TPSA) is 136 Å². The first-order valence-electron chi connectivity index (χ1n) is 11.2. The molecule has 0 saturated carbocycles. The number of furan rings is 1. The van der Waals surface area contributed by atoms with Gasteiger partial charge in [-0.2, -0.15) is 5.10 Å². The highest BCUT2D eigenvalue weighted by molar-refractivity contribution is 6.10. The molecule has 2 amide bonds. The number of hydrogen-bond donors (Lipinski definition) is 2. The molecule has 10 nitrogen and oxygen atoms in total. The van der Waals surface area contributed by atoms with E-state index in [1.807, 2.05) is 13.0 Å². The highest BCUT2D eigenvalue weighted by atomic mass is 16.6. The van der Waals surface area contributed by atoms with Gasteiger partial charge in [-0.25, -0.2) is 5.43 Å². The number of carbonyl (C=O) groups excluding carboxylic acids is 2. The third-order valence-corrected chi connectivity index (χ3v) is 5.60. The average Bonchev–Trinajstić information content (AvgIpc) is 3.21. The molecule has 0 spiro atoms. The lowest BCUT2D eigenvalue weighted by atomic mass is 9.93. The molecule has 1 aromatic heterocycles. The van der Waals surface area contributed by atoms with Gasteiger partial charge in [0.1, 0.15) is 11.5 Å². The molecule has 2 aromatic carbocycles. The van der Waals surface area contributed by atoms with Gasteiger partial charge in [0.25, 0.3) is 17.5 Å². The molecule has 180 valence electrons. The minimum Gasteiger partial charge on any atom is -0.492 e. The monoisotopic (exact) mass is 476 g/mol. The summed E-state index contributed by atoms with van der Waals surface area (Å²) >= 11 is 0. The van der Waals surface area contributed by atoms with Crippen molar-refractivity contribution >= 4 is 28.9 Å². The van der Waals surface area contributed by atoms with Crippen LogP contribution in [-0.2, 0) is 6.42 Å². The van der Waals surface area contributed by atoms with Crippen LogP contribution in [-0.4, -0.2) is 29.1 Å². The summed E-state index contributed by atoms with van der Waals surface area (Å²) in [6, 6.07) is 12.4. The first-order valence-corrected chi connectivity index (χ1v) is 11.2. The Balaban J connectivity index is 1.54. The van der Waals surface area contributed by atoms with Crippen LogP contribution in [0.1, 0.15) is 57.6 Å². The zero-order valence-electron chi connectivity index (χ0n) is 19.3. The second-order valence-corrected chi connectivity index (χ2v) is 7.89. The normalized spacial score (nSPS) is 13.7. The van der Waals surface area contributed by atoms with Crippen molar-refractivity contribution in [2.75, 3.05) is 11.9 Å². The third kappa shape index (κ3) is 5.06. The fourth-order valence-corrected chi connectivity index (χ4v) is 3.94. The van der Waals surface area contributed by atoms with Crippen LogP contribution in [0.15, 0.2) is 58.0 Å². The van der Waals surface area contributed by atoms with Crippen LogP contribution in [0.5, 0.6) is 5.75 Å². The number of carbonyl (C=O) groups is 2. The van der Waals surface area contributed by atoms with Crippen LogP contribution in [0, 0.1) is 17.0 Å². The fraction of sp³-hybridized carbons (Fsp3) is 0.240. The number of hydrogen-bond acceptors (Lipinski definition) is 7. The summed E-state index contributed by atoms with van der Waals surface area (Å²) in [5.74, 6) is 0.482. The van der Waals surface area contributed by atoms with E-state index < -0.39 is 16.7 Å². The SMILES string of the molecule is CCOc1ccccc1NC(=O)c1oc2c(c1C)/C(=N/NC(=O)c1ccc([N+](=O)[O-])cc1)CCC2. The zero-order chi connectivity index (χ0) is 24.9. The van der Waals surface area contributed by atoms with Crippen molar-refractivity contribution in [1.82, 2.24) is 5.43 Å². The lowest BCUT2D eigenvalue weighted by Crippen LogP contribution is -2.22. The number of para-hydroxylation sites is 2. The molecule has 0 bridgehead atoms. The molecular weight excluding hydrogens is 452 g/mol. The number of nitro benzene ring substituents is 1. The van der Waals surface area contributed by atoms with E-state index in [0.717, 1.165) is 6.42 Å². The lowest BCUT2D eigenvalue weighted by molar-refractivity contribution is -0.384. The number of aryl methyl sites for hydroxylation is 1. The Hall–Kier alpha value is -4.47. The summed E-state index contributed by atoms with van der Waals surface area (Å²) in [6.45, 7) is 4.11. The van der Waals surface area contributed by atoms with Crippen molar-refractivity contribution in [2.45, 2.75) is 33.1 Å². The molecule has 0 unspecified atom stereocenters. The standard InChI is InChI=1S/C25H24N4O6/c1-3-34-20-9-5-4-7-18(20)26-25(31)23-15(2)22-19(8-6-10-21(22)35-23)27-28-24(30)16-11-13-17(14-12-16)29(32)33/h4-5,7,9,11-14H,3,6,8,10H2,1-2H3,(H,26,31)(H,28,30)/b27-19+. The van der Waals surface area contributed by atoms with Crippen LogP contribution in [0.3, 0.4) is 0 Å². The minimum absolute atomic E-state index is 0.103. The molecule has 3 aromatic rings. The van der Waals surface area contributed by atoms with Crippen LogP contribution in [0.4, 0.5) is 11.4 Å². The number of anilines is 1. The summed E-state index contributed by atoms with van der Waals surface area (Å²) in [5, 5.41) is 17.9. The van der Waals surface area contributed by atoms with Gasteiger partial charge in [0.2, 0.25) is 0 Å². The Kier molecular flexibility index (Phi) is 6.91. The van der Waals surface area contributed by atoms with Crippen molar-refractivity contribution in [1.29, 1.82) is 0 Å². The van der Waals surface area contributed by atoms with E-state index >= 15 is 0 Å². The van der Waals surface area contributed by atoms with Gasteiger partial charge in [0.05, 0.1) is 22.9 Å². The molecule has 2 N–H and O–H groups in total.